The second kappa shape index (κ2) is 6.07. The Hall–Kier alpha value is -0.620. The lowest BCUT2D eigenvalue weighted by Gasteiger charge is -2.11. The predicted octanol–water partition coefficient (Wildman–Crippen LogP) is 2.17. The largest absolute Gasteiger partial charge is 0.388 e. The van der Waals surface area contributed by atoms with Crippen LogP contribution >= 0.6 is 22.9 Å². The molecule has 1 atom stereocenters. The molecule has 0 unspecified atom stereocenters. The lowest BCUT2D eigenvalue weighted by atomic mass is 10.0. The van der Waals surface area contributed by atoms with Gasteiger partial charge in [-0.1, -0.05) is 12.1 Å². The van der Waals surface area contributed by atoms with Gasteiger partial charge in [0, 0.05) is 35.6 Å². The van der Waals surface area contributed by atoms with E-state index in [1.54, 1.807) is 6.92 Å². The number of carbonyl (C=O) groups is 1. The molecule has 0 bridgehead atoms. The van der Waals surface area contributed by atoms with Gasteiger partial charge in [-0.2, -0.15) is 0 Å². The van der Waals surface area contributed by atoms with Gasteiger partial charge in [-0.25, -0.2) is 0 Å². The summed E-state index contributed by atoms with van der Waals surface area (Å²) >= 11 is 2.02. The third kappa shape index (κ3) is 3.79. The summed E-state index contributed by atoms with van der Waals surface area (Å²) in [6, 6.07) is 8.01. The maximum absolute atomic E-state index is 11.2. The summed E-state index contributed by atoms with van der Waals surface area (Å²) in [5.74, 6) is 0.169. The van der Waals surface area contributed by atoms with Crippen molar-refractivity contribution in [3.8, 4) is 0 Å². The van der Waals surface area contributed by atoms with Gasteiger partial charge in [0.05, 0.1) is 6.04 Å². The number of rotatable bonds is 5. The fourth-order valence-electron chi connectivity index (χ4n) is 1.30. The van der Waals surface area contributed by atoms with E-state index in [9.17, 15) is 4.79 Å². The van der Waals surface area contributed by atoms with Gasteiger partial charge in [0.25, 0.3) is 0 Å². The highest BCUT2D eigenvalue weighted by molar-refractivity contribution is 14.1. The highest BCUT2D eigenvalue weighted by Gasteiger charge is 2.12. The Bertz CT molecular complexity index is 324. The molecular weight excluding hydrogens is 303 g/mol. The molecule has 1 rings (SSSR count). The zero-order valence-corrected chi connectivity index (χ0v) is 11.0. The van der Waals surface area contributed by atoms with Crippen LogP contribution in [-0.2, 0) is 11.2 Å². The lowest BCUT2D eigenvalue weighted by Crippen LogP contribution is -2.30. The first-order chi connectivity index (χ1) is 7.17. The topological polar surface area (TPSA) is 41.1 Å². The molecule has 0 spiro atoms. The van der Waals surface area contributed by atoms with Crippen molar-refractivity contribution in [2.45, 2.75) is 19.4 Å². The Kier molecular flexibility index (Phi) is 5.04. The fourth-order valence-corrected chi connectivity index (χ4v) is 1.96. The first-order valence-corrected chi connectivity index (χ1v) is 5.88. The van der Waals surface area contributed by atoms with Crippen molar-refractivity contribution in [1.29, 1.82) is 0 Å². The van der Waals surface area contributed by atoms with Crippen LogP contribution in [0.3, 0.4) is 0 Å². The summed E-state index contributed by atoms with van der Waals surface area (Å²) in [6.07, 6.45) is 0.738. The van der Waals surface area contributed by atoms with Gasteiger partial charge in [-0.05, 0) is 31.0 Å². The molecule has 15 heavy (non-hydrogen) atoms. The molecule has 0 heterocycles. The van der Waals surface area contributed by atoms with Crippen LogP contribution in [0.1, 0.15) is 12.5 Å². The van der Waals surface area contributed by atoms with Crippen LogP contribution in [0.5, 0.6) is 0 Å². The molecule has 1 aromatic carbocycles. The third-order valence-electron chi connectivity index (χ3n) is 2.30. The van der Waals surface area contributed by atoms with E-state index in [1.165, 1.54) is 5.56 Å². The Morgan fingerprint density at radius 3 is 2.40 bits per heavy atom. The minimum absolute atomic E-state index is 0.0916. The molecule has 0 saturated heterocycles. The molecule has 0 saturated carbocycles. The van der Waals surface area contributed by atoms with Crippen LogP contribution in [0.15, 0.2) is 24.3 Å². The zero-order chi connectivity index (χ0) is 11.3. The standard InChI is InChI=1S/C11H15IN2O/c1-8(15)11(14-12)7-9-3-5-10(13-2)6-4-9/h3-6,11,13-14H,7H2,1-2H3/t11-/m1/s1. The molecule has 0 aliphatic carbocycles. The van der Waals surface area contributed by atoms with E-state index in [4.69, 9.17) is 0 Å². The summed E-state index contributed by atoms with van der Waals surface area (Å²) in [5, 5.41) is 3.06. The van der Waals surface area contributed by atoms with Crippen LogP contribution in [0.4, 0.5) is 5.69 Å². The van der Waals surface area contributed by atoms with Crippen molar-refractivity contribution < 1.29 is 4.79 Å². The summed E-state index contributed by atoms with van der Waals surface area (Å²) in [4.78, 5) is 11.2. The van der Waals surface area contributed by atoms with Crippen LogP contribution in [-0.4, -0.2) is 18.9 Å². The number of benzene rings is 1. The second-order valence-electron chi connectivity index (χ2n) is 3.42. The lowest BCUT2D eigenvalue weighted by molar-refractivity contribution is -0.118. The van der Waals surface area contributed by atoms with Gasteiger partial charge in [0.15, 0.2) is 0 Å². The molecule has 0 amide bonds. The van der Waals surface area contributed by atoms with Gasteiger partial charge >= 0.3 is 0 Å². The number of nitrogens with one attached hydrogen (secondary N) is 2. The van der Waals surface area contributed by atoms with Crippen molar-refractivity contribution in [1.82, 2.24) is 3.53 Å². The molecule has 3 nitrogen and oxygen atoms in total. The maximum atomic E-state index is 11.2. The molecular formula is C11H15IN2O. The fraction of sp³-hybridized carbons (Fsp3) is 0.364. The van der Waals surface area contributed by atoms with Gasteiger partial charge < -0.3 is 5.32 Å². The summed E-state index contributed by atoms with van der Waals surface area (Å²) in [6.45, 7) is 1.61. The Labute approximate surface area is 104 Å². The molecule has 82 valence electrons. The van der Waals surface area contributed by atoms with Gasteiger partial charge in [-0.15, -0.1) is 0 Å². The van der Waals surface area contributed by atoms with E-state index in [1.807, 2.05) is 54.2 Å². The van der Waals surface area contributed by atoms with Crippen molar-refractivity contribution in [2.75, 3.05) is 12.4 Å². The van der Waals surface area contributed by atoms with E-state index in [2.05, 4.69) is 8.85 Å². The van der Waals surface area contributed by atoms with E-state index in [0.29, 0.717) is 0 Å². The van der Waals surface area contributed by atoms with E-state index in [-0.39, 0.29) is 11.8 Å². The van der Waals surface area contributed by atoms with Crippen LogP contribution in [0, 0.1) is 0 Å². The molecule has 0 radical (unpaired) electrons. The summed E-state index contributed by atoms with van der Waals surface area (Å²) in [5.41, 5.74) is 2.25. The number of halogens is 1. The first-order valence-electron chi connectivity index (χ1n) is 4.80. The summed E-state index contributed by atoms with van der Waals surface area (Å²) in [7, 11) is 1.89. The third-order valence-corrected chi connectivity index (χ3v) is 3.06. The molecule has 0 aliphatic heterocycles. The highest BCUT2D eigenvalue weighted by Crippen LogP contribution is 2.11. The van der Waals surface area contributed by atoms with Crippen molar-refractivity contribution in [2.24, 2.45) is 0 Å². The normalized spacial score (nSPS) is 12.2. The number of ketones is 1. The van der Waals surface area contributed by atoms with Crippen molar-refractivity contribution in [3.05, 3.63) is 29.8 Å². The second-order valence-corrected chi connectivity index (χ2v) is 4.05. The number of carbonyl (C=O) groups excluding carboxylic acids is 1. The number of anilines is 1. The molecule has 0 fully saturated rings. The van der Waals surface area contributed by atoms with Crippen LogP contribution in [0.2, 0.25) is 0 Å². The van der Waals surface area contributed by atoms with E-state index < -0.39 is 0 Å². The predicted molar refractivity (Wildman–Crippen MR) is 71.3 cm³/mol. The molecule has 0 aliphatic rings. The number of hydrogen-bond acceptors (Lipinski definition) is 3. The average molecular weight is 318 g/mol. The first kappa shape index (κ1) is 12.4. The zero-order valence-electron chi connectivity index (χ0n) is 8.88. The quantitative estimate of drug-likeness (QED) is 0.646. The maximum Gasteiger partial charge on any atom is 0.147 e. The molecule has 4 heteroatoms. The Morgan fingerprint density at radius 1 is 1.40 bits per heavy atom. The van der Waals surface area contributed by atoms with E-state index in [0.717, 1.165) is 12.1 Å². The smallest absolute Gasteiger partial charge is 0.147 e. The molecule has 0 aromatic heterocycles. The van der Waals surface area contributed by atoms with Crippen LogP contribution in [0.25, 0.3) is 0 Å². The molecule has 2 N–H and O–H groups in total. The molecule has 1 aromatic rings. The summed E-state index contributed by atoms with van der Waals surface area (Å²) < 4.78 is 2.98. The number of Topliss-reactive ketones (excluding diaryl/α,β-unsaturated/α-hetero) is 1. The van der Waals surface area contributed by atoms with Crippen molar-refractivity contribution >= 4 is 34.3 Å². The Balaban J connectivity index is 2.67. The van der Waals surface area contributed by atoms with Crippen molar-refractivity contribution in [3.63, 3.8) is 0 Å². The Morgan fingerprint density at radius 2 is 2.00 bits per heavy atom. The van der Waals surface area contributed by atoms with E-state index >= 15 is 0 Å². The monoisotopic (exact) mass is 318 g/mol. The van der Waals surface area contributed by atoms with Gasteiger partial charge in [-0.3, -0.25) is 8.32 Å². The SMILES string of the molecule is CNc1ccc(C[C@@H](NI)C(C)=O)cc1. The van der Waals surface area contributed by atoms with Gasteiger partial charge in [0.1, 0.15) is 5.78 Å². The van der Waals surface area contributed by atoms with Crippen LogP contribution < -0.4 is 8.85 Å². The minimum atomic E-state index is -0.0916. The number of hydrogen-bond donors (Lipinski definition) is 2. The minimum Gasteiger partial charge on any atom is -0.388 e. The highest BCUT2D eigenvalue weighted by atomic mass is 127. The average Bonchev–Trinajstić information content (AvgIpc) is 2.26. The van der Waals surface area contributed by atoms with Gasteiger partial charge in [0.2, 0.25) is 0 Å².